The van der Waals surface area contributed by atoms with Gasteiger partial charge in [-0.15, -0.1) is 0 Å². The van der Waals surface area contributed by atoms with Crippen molar-refractivity contribution in [2.24, 2.45) is 0 Å². The number of nitrogens with one attached hydrogen (secondary N) is 2. The van der Waals surface area contributed by atoms with Gasteiger partial charge < -0.3 is 25.6 Å². The van der Waals surface area contributed by atoms with Gasteiger partial charge in [0.05, 0.1) is 17.4 Å². The van der Waals surface area contributed by atoms with E-state index in [0.29, 0.717) is 23.5 Å². The van der Waals surface area contributed by atoms with Gasteiger partial charge in [0, 0.05) is 44.6 Å². The fourth-order valence-electron chi connectivity index (χ4n) is 5.15. The first-order chi connectivity index (χ1) is 15.7. The smallest absolute Gasteiger partial charge is 0.268 e. The predicted molar refractivity (Wildman–Crippen MR) is 122 cm³/mol. The Balaban J connectivity index is 1.15. The molecule has 174 valence electrons. The highest BCUT2D eigenvalue weighted by Gasteiger charge is 2.60. The highest BCUT2D eigenvalue weighted by Crippen LogP contribution is 2.48. The van der Waals surface area contributed by atoms with E-state index in [1.54, 1.807) is 25.1 Å². The van der Waals surface area contributed by atoms with Crippen LogP contribution in [-0.2, 0) is 17.8 Å². The lowest BCUT2D eigenvalue weighted by Gasteiger charge is -2.51. The van der Waals surface area contributed by atoms with Crippen LogP contribution in [0.15, 0.2) is 42.5 Å². The summed E-state index contributed by atoms with van der Waals surface area (Å²) in [7, 11) is 0. The number of nitrogens with zero attached hydrogens (tertiary/aromatic N) is 1. The highest BCUT2D eigenvalue weighted by molar-refractivity contribution is 6.03. The summed E-state index contributed by atoms with van der Waals surface area (Å²) in [5.74, 6) is -0.161. The fraction of sp³-hybridized carbons (Fsp3) is 0.440. The zero-order chi connectivity index (χ0) is 23.2. The van der Waals surface area contributed by atoms with E-state index in [9.17, 15) is 19.8 Å². The summed E-state index contributed by atoms with van der Waals surface area (Å²) in [6, 6.07) is 13.2. The number of hydrogen-bond acceptors (Lipinski definition) is 6. The molecule has 8 heteroatoms. The second-order valence-electron chi connectivity index (χ2n) is 9.73. The molecule has 0 bridgehead atoms. The third kappa shape index (κ3) is 4.34. The molecule has 3 aliphatic rings. The Morgan fingerprint density at radius 3 is 2.76 bits per heavy atom. The van der Waals surface area contributed by atoms with Gasteiger partial charge >= 0.3 is 0 Å². The number of β-amino-alcohol motifs (C(OH)–C–C–N with tert-alkyl or cyclic N) is 1. The minimum atomic E-state index is -1.04. The number of anilines is 1. The van der Waals surface area contributed by atoms with Gasteiger partial charge in [0.15, 0.2) is 5.60 Å². The van der Waals surface area contributed by atoms with Gasteiger partial charge in [-0.3, -0.25) is 14.5 Å². The average molecular weight is 452 g/mol. The van der Waals surface area contributed by atoms with Crippen LogP contribution in [-0.4, -0.2) is 63.9 Å². The molecule has 2 amide bonds. The molecule has 0 radical (unpaired) electrons. The number of fused-ring (bicyclic) bond motifs is 2. The maximum Gasteiger partial charge on any atom is 0.268 e. The van der Waals surface area contributed by atoms with Crippen molar-refractivity contribution < 1.29 is 24.5 Å². The van der Waals surface area contributed by atoms with E-state index in [1.165, 1.54) is 11.1 Å². The van der Waals surface area contributed by atoms with Crippen LogP contribution in [0.1, 0.15) is 41.3 Å². The first-order valence-electron chi connectivity index (χ1n) is 11.4. The van der Waals surface area contributed by atoms with Crippen molar-refractivity contribution in [2.45, 2.75) is 50.0 Å². The quantitative estimate of drug-likeness (QED) is 0.548. The summed E-state index contributed by atoms with van der Waals surface area (Å²) in [6.07, 6.45) is 0.727. The summed E-state index contributed by atoms with van der Waals surface area (Å²) in [4.78, 5) is 27.3. The van der Waals surface area contributed by atoms with E-state index in [1.807, 2.05) is 12.1 Å². The Labute approximate surface area is 192 Å². The Kier molecular flexibility index (Phi) is 5.39. The van der Waals surface area contributed by atoms with E-state index in [4.69, 9.17) is 4.74 Å². The van der Waals surface area contributed by atoms with Crippen molar-refractivity contribution in [1.82, 2.24) is 10.2 Å². The van der Waals surface area contributed by atoms with Crippen molar-refractivity contribution >= 4 is 17.5 Å². The molecule has 0 aromatic heterocycles. The molecular weight excluding hydrogens is 422 g/mol. The summed E-state index contributed by atoms with van der Waals surface area (Å²) in [5.41, 5.74) is 1.48. The van der Waals surface area contributed by atoms with Crippen molar-refractivity contribution in [3.8, 4) is 5.75 Å². The van der Waals surface area contributed by atoms with E-state index in [-0.39, 0.29) is 31.2 Å². The van der Waals surface area contributed by atoms with Crippen molar-refractivity contribution in [2.75, 3.05) is 25.0 Å². The highest BCUT2D eigenvalue weighted by atomic mass is 16.5. The van der Waals surface area contributed by atoms with E-state index >= 15 is 0 Å². The average Bonchev–Trinajstić information content (AvgIpc) is 2.76. The standard InChI is InChI=1S/C25H29N3O5/c1-24(32)14-25(15-24)23(31)27-20-10-17(6-7-21(20)33-25)22(30)26-11-19(29)13-28-9-8-16-4-2-3-5-18(16)12-28/h2-7,10,19,29,32H,8-9,11-15H2,1H3,(H,26,30)(H,27,31)/t19-,24?,25?/m0/s1. The molecule has 2 aliphatic heterocycles. The Morgan fingerprint density at radius 1 is 1.24 bits per heavy atom. The van der Waals surface area contributed by atoms with Gasteiger partial charge in [-0.2, -0.15) is 0 Å². The van der Waals surface area contributed by atoms with Crippen LogP contribution in [0.2, 0.25) is 0 Å². The lowest BCUT2D eigenvalue weighted by Crippen LogP contribution is -2.65. The lowest BCUT2D eigenvalue weighted by atomic mass is 9.67. The Morgan fingerprint density at radius 2 is 2.00 bits per heavy atom. The SMILES string of the molecule is CC1(O)CC2(C1)Oc1ccc(C(=O)NC[C@H](O)CN3CCc4ccccc4C3)cc1NC2=O. The molecule has 33 heavy (non-hydrogen) atoms. The molecule has 1 spiro atoms. The number of rotatable bonds is 5. The van der Waals surface area contributed by atoms with Crippen molar-refractivity contribution in [1.29, 1.82) is 0 Å². The molecule has 2 aromatic carbocycles. The lowest BCUT2D eigenvalue weighted by molar-refractivity contribution is -0.174. The van der Waals surface area contributed by atoms with Crippen LogP contribution in [0.3, 0.4) is 0 Å². The second-order valence-corrected chi connectivity index (χ2v) is 9.73. The van der Waals surface area contributed by atoms with Gasteiger partial charge in [-0.05, 0) is 42.7 Å². The zero-order valence-corrected chi connectivity index (χ0v) is 18.6. The number of benzene rings is 2. The maximum atomic E-state index is 12.6. The maximum absolute atomic E-state index is 12.6. The number of ether oxygens (including phenoxy) is 1. The molecular formula is C25H29N3O5. The summed E-state index contributed by atoms with van der Waals surface area (Å²) >= 11 is 0. The topological polar surface area (TPSA) is 111 Å². The molecule has 1 saturated carbocycles. The van der Waals surface area contributed by atoms with Crippen LogP contribution in [0.5, 0.6) is 5.75 Å². The molecule has 0 saturated heterocycles. The number of aliphatic hydroxyl groups is 2. The summed E-state index contributed by atoms with van der Waals surface area (Å²) in [5, 5.41) is 26.1. The second kappa shape index (κ2) is 8.13. The van der Waals surface area contributed by atoms with Crippen molar-refractivity contribution in [3.05, 3.63) is 59.2 Å². The van der Waals surface area contributed by atoms with E-state index in [2.05, 4.69) is 27.7 Å². The molecule has 1 atom stereocenters. The molecule has 2 heterocycles. The van der Waals surface area contributed by atoms with Crippen LogP contribution >= 0.6 is 0 Å². The van der Waals surface area contributed by atoms with E-state index < -0.39 is 17.3 Å². The molecule has 2 aromatic rings. The number of carbonyl (C=O) groups excluding carboxylic acids is 2. The first-order valence-corrected chi connectivity index (χ1v) is 11.4. The monoisotopic (exact) mass is 451 g/mol. The number of carbonyl (C=O) groups is 2. The molecule has 0 unspecified atom stereocenters. The Bertz CT molecular complexity index is 1090. The van der Waals surface area contributed by atoms with E-state index in [0.717, 1.165) is 19.5 Å². The van der Waals surface area contributed by atoms with Crippen LogP contribution in [0, 0.1) is 0 Å². The molecule has 1 fully saturated rings. The minimum Gasteiger partial charge on any atom is -0.475 e. The van der Waals surface area contributed by atoms with Gasteiger partial charge in [0.2, 0.25) is 0 Å². The van der Waals surface area contributed by atoms with Gasteiger partial charge in [0.1, 0.15) is 5.75 Å². The van der Waals surface area contributed by atoms with Crippen LogP contribution in [0.4, 0.5) is 5.69 Å². The summed E-state index contributed by atoms with van der Waals surface area (Å²) < 4.78 is 5.90. The molecule has 4 N–H and O–H groups in total. The third-order valence-corrected chi connectivity index (χ3v) is 6.72. The van der Waals surface area contributed by atoms with Gasteiger partial charge in [0.25, 0.3) is 11.8 Å². The fourth-order valence-corrected chi connectivity index (χ4v) is 5.15. The summed E-state index contributed by atoms with van der Waals surface area (Å²) in [6.45, 7) is 3.96. The van der Waals surface area contributed by atoms with Gasteiger partial charge in [-0.25, -0.2) is 0 Å². The predicted octanol–water partition coefficient (Wildman–Crippen LogP) is 1.45. The molecule has 8 nitrogen and oxygen atoms in total. The minimum absolute atomic E-state index is 0.134. The van der Waals surface area contributed by atoms with Crippen molar-refractivity contribution in [3.63, 3.8) is 0 Å². The normalized spacial score (nSPS) is 26.9. The number of aliphatic hydroxyl groups excluding tert-OH is 1. The molecule has 5 rings (SSSR count). The first kappa shape index (κ1) is 21.9. The molecule has 1 aliphatic carbocycles. The third-order valence-electron chi connectivity index (χ3n) is 6.72. The van der Waals surface area contributed by atoms with Crippen LogP contribution < -0.4 is 15.4 Å². The Hall–Kier alpha value is -2.94. The van der Waals surface area contributed by atoms with Crippen LogP contribution in [0.25, 0.3) is 0 Å². The largest absolute Gasteiger partial charge is 0.475 e. The zero-order valence-electron chi connectivity index (χ0n) is 18.6. The van der Waals surface area contributed by atoms with Gasteiger partial charge in [-0.1, -0.05) is 24.3 Å². The number of hydrogen-bond donors (Lipinski definition) is 4. The number of amides is 2.